The molecule has 0 saturated heterocycles. The van der Waals surface area contributed by atoms with Crippen LogP contribution < -0.4 is 16.6 Å². The fourth-order valence-corrected chi connectivity index (χ4v) is 0.905. The Labute approximate surface area is 71.4 Å². The third-order valence-corrected chi connectivity index (χ3v) is 1.34. The normalized spacial score (nSPS) is 9.58. The molecule has 66 valence electrons. The van der Waals surface area contributed by atoms with Crippen LogP contribution >= 0.6 is 0 Å². The minimum atomic E-state index is 0.436. The molecule has 0 aromatic carbocycles. The molecule has 0 bridgehead atoms. The van der Waals surface area contributed by atoms with E-state index < -0.39 is 0 Å². The first-order valence-corrected chi connectivity index (χ1v) is 3.82. The number of hydrazine groups is 1. The van der Waals surface area contributed by atoms with E-state index in [1.54, 1.807) is 0 Å². The number of nitrogen functional groups attached to an aromatic ring is 1. The van der Waals surface area contributed by atoms with Crippen molar-refractivity contribution in [3.05, 3.63) is 11.8 Å². The van der Waals surface area contributed by atoms with Crippen LogP contribution in [0, 0.1) is 6.92 Å². The number of nitrogens with zero attached hydrogens (tertiary/aromatic N) is 2. The Morgan fingerprint density at radius 2 is 2.25 bits per heavy atom. The number of nitrogens with two attached hydrogens (primary N) is 1. The van der Waals surface area contributed by atoms with E-state index in [0.29, 0.717) is 5.95 Å². The van der Waals surface area contributed by atoms with E-state index in [0.717, 1.165) is 18.1 Å². The SMILES string of the molecule is CCNc1cc(C)nc(NN)n1. The molecular formula is C7H13N5. The van der Waals surface area contributed by atoms with Crippen LogP contribution in [0.2, 0.25) is 0 Å². The second-order valence-electron chi connectivity index (χ2n) is 2.39. The first-order chi connectivity index (χ1) is 5.76. The van der Waals surface area contributed by atoms with Crippen LogP contribution in [-0.2, 0) is 0 Å². The van der Waals surface area contributed by atoms with Crippen molar-refractivity contribution in [2.75, 3.05) is 17.3 Å². The lowest BCUT2D eigenvalue weighted by Gasteiger charge is -2.05. The predicted molar refractivity (Wildman–Crippen MR) is 48.7 cm³/mol. The third-order valence-electron chi connectivity index (χ3n) is 1.34. The van der Waals surface area contributed by atoms with Gasteiger partial charge in [-0.2, -0.15) is 4.98 Å². The van der Waals surface area contributed by atoms with Crippen LogP contribution in [-0.4, -0.2) is 16.5 Å². The summed E-state index contributed by atoms with van der Waals surface area (Å²) >= 11 is 0. The van der Waals surface area contributed by atoms with E-state index in [2.05, 4.69) is 20.7 Å². The molecule has 0 unspecified atom stereocenters. The minimum Gasteiger partial charge on any atom is -0.370 e. The third kappa shape index (κ3) is 2.06. The van der Waals surface area contributed by atoms with Gasteiger partial charge in [-0.1, -0.05) is 0 Å². The van der Waals surface area contributed by atoms with Crippen LogP contribution in [0.15, 0.2) is 6.07 Å². The Morgan fingerprint density at radius 1 is 1.50 bits per heavy atom. The molecule has 0 fully saturated rings. The maximum absolute atomic E-state index is 5.18. The molecular weight excluding hydrogens is 154 g/mol. The summed E-state index contributed by atoms with van der Waals surface area (Å²) in [5.41, 5.74) is 3.29. The standard InChI is InChI=1S/C7H13N5/c1-3-9-6-4-5(2)10-7(11-6)12-8/h4H,3,8H2,1-2H3,(H2,9,10,11,12). The number of aromatic nitrogens is 2. The number of hydrogen-bond acceptors (Lipinski definition) is 5. The molecule has 0 amide bonds. The smallest absolute Gasteiger partial charge is 0.239 e. The van der Waals surface area contributed by atoms with Crippen molar-refractivity contribution in [3.8, 4) is 0 Å². The molecule has 0 aliphatic carbocycles. The van der Waals surface area contributed by atoms with Crippen molar-refractivity contribution in [2.24, 2.45) is 5.84 Å². The average Bonchev–Trinajstić information content (AvgIpc) is 2.04. The second kappa shape index (κ2) is 3.87. The zero-order chi connectivity index (χ0) is 8.97. The van der Waals surface area contributed by atoms with E-state index >= 15 is 0 Å². The highest BCUT2D eigenvalue weighted by atomic mass is 15.3. The van der Waals surface area contributed by atoms with E-state index in [4.69, 9.17) is 5.84 Å². The molecule has 12 heavy (non-hydrogen) atoms. The molecule has 0 atom stereocenters. The predicted octanol–water partition coefficient (Wildman–Crippen LogP) is 0.502. The van der Waals surface area contributed by atoms with Crippen molar-refractivity contribution >= 4 is 11.8 Å². The van der Waals surface area contributed by atoms with Crippen LogP contribution in [0.1, 0.15) is 12.6 Å². The minimum absolute atomic E-state index is 0.436. The lowest BCUT2D eigenvalue weighted by atomic mass is 10.4. The van der Waals surface area contributed by atoms with Crippen molar-refractivity contribution in [1.82, 2.24) is 9.97 Å². The van der Waals surface area contributed by atoms with E-state index in [1.807, 2.05) is 19.9 Å². The zero-order valence-corrected chi connectivity index (χ0v) is 7.26. The number of hydrogen-bond donors (Lipinski definition) is 3. The summed E-state index contributed by atoms with van der Waals surface area (Å²) in [4.78, 5) is 8.13. The van der Waals surface area contributed by atoms with Crippen LogP contribution in [0.5, 0.6) is 0 Å². The Hall–Kier alpha value is -1.36. The van der Waals surface area contributed by atoms with Gasteiger partial charge in [-0.3, -0.25) is 5.43 Å². The van der Waals surface area contributed by atoms with Gasteiger partial charge in [0.15, 0.2) is 0 Å². The van der Waals surface area contributed by atoms with Gasteiger partial charge in [0.2, 0.25) is 5.95 Å². The number of rotatable bonds is 3. The van der Waals surface area contributed by atoms with Gasteiger partial charge < -0.3 is 5.32 Å². The fourth-order valence-electron chi connectivity index (χ4n) is 0.905. The summed E-state index contributed by atoms with van der Waals surface area (Å²) in [6.45, 7) is 4.73. The summed E-state index contributed by atoms with van der Waals surface area (Å²) in [7, 11) is 0. The summed E-state index contributed by atoms with van der Waals surface area (Å²) < 4.78 is 0. The van der Waals surface area contributed by atoms with Gasteiger partial charge in [-0.15, -0.1) is 0 Å². The highest BCUT2D eigenvalue weighted by molar-refractivity contribution is 5.41. The monoisotopic (exact) mass is 167 g/mol. The molecule has 0 aliphatic heterocycles. The lowest BCUT2D eigenvalue weighted by Crippen LogP contribution is -2.12. The van der Waals surface area contributed by atoms with Crippen molar-refractivity contribution in [2.45, 2.75) is 13.8 Å². The topological polar surface area (TPSA) is 75.9 Å². The Balaban J connectivity index is 2.90. The first-order valence-electron chi connectivity index (χ1n) is 3.82. The molecule has 0 spiro atoms. The van der Waals surface area contributed by atoms with Gasteiger partial charge in [0, 0.05) is 18.3 Å². The van der Waals surface area contributed by atoms with Gasteiger partial charge in [-0.25, -0.2) is 10.8 Å². The molecule has 4 N–H and O–H groups in total. The number of aryl methyl sites for hydroxylation is 1. The second-order valence-corrected chi connectivity index (χ2v) is 2.39. The molecule has 1 heterocycles. The molecule has 1 aromatic rings. The Morgan fingerprint density at radius 3 is 2.83 bits per heavy atom. The molecule has 5 nitrogen and oxygen atoms in total. The number of anilines is 2. The van der Waals surface area contributed by atoms with Crippen LogP contribution in [0.3, 0.4) is 0 Å². The summed E-state index contributed by atoms with van der Waals surface area (Å²) in [5, 5.41) is 3.08. The van der Waals surface area contributed by atoms with E-state index in [9.17, 15) is 0 Å². The Bertz CT molecular complexity index is 260. The van der Waals surface area contributed by atoms with Gasteiger partial charge in [0.1, 0.15) is 5.82 Å². The van der Waals surface area contributed by atoms with Crippen LogP contribution in [0.25, 0.3) is 0 Å². The van der Waals surface area contributed by atoms with Gasteiger partial charge in [0.05, 0.1) is 0 Å². The molecule has 0 saturated carbocycles. The van der Waals surface area contributed by atoms with Crippen molar-refractivity contribution in [3.63, 3.8) is 0 Å². The first kappa shape index (κ1) is 8.73. The largest absolute Gasteiger partial charge is 0.370 e. The summed E-state index contributed by atoms with van der Waals surface area (Å²) in [5.74, 6) is 6.41. The number of nitrogens with one attached hydrogen (secondary N) is 2. The van der Waals surface area contributed by atoms with E-state index in [-0.39, 0.29) is 0 Å². The average molecular weight is 167 g/mol. The summed E-state index contributed by atoms with van der Waals surface area (Å²) in [6, 6.07) is 1.87. The van der Waals surface area contributed by atoms with Crippen molar-refractivity contribution < 1.29 is 0 Å². The quantitative estimate of drug-likeness (QED) is 0.451. The maximum atomic E-state index is 5.18. The van der Waals surface area contributed by atoms with Crippen LogP contribution in [0.4, 0.5) is 11.8 Å². The lowest BCUT2D eigenvalue weighted by molar-refractivity contribution is 1.05. The molecule has 5 heteroatoms. The molecule has 1 aromatic heterocycles. The maximum Gasteiger partial charge on any atom is 0.239 e. The Kier molecular flexibility index (Phi) is 2.82. The zero-order valence-electron chi connectivity index (χ0n) is 7.26. The molecule has 0 radical (unpaired) electrons. The highest BCUT2D eigenvalue weighted by Gasteiger charge is 1.98. The van der Waals surface area contributed by atoms with Crippen molar-refractivity contribution in [1.29, 1.82) is 0 Å². The summed E-state index contributed by atoms with van der Waals surface area (Å²) in [6.07, 6.45) is 0. The fraction of sp³-hybridized carbons (Fsp3) is 0.429. The van der Waals surface area contributed by atoms with Gasteiger partial charge in [-0.05, 0) is 13.8 Å². The van der Waals surface area contributed by atoms with Gasteiger partial charge in [0.25, 0.3) is 0 Å². The molecule has 0 aliphatic rings. The highest BCUT2D eigenvalue weighted by Crippen LogP contribution is 2.07. The van der Waals surface area contributed by atoms with Gasteiger partial charge >= 0.3 is 0 Å². The van der Waals surface area contributed by atoms with E-state index in [1.165, 1.54) is 0 Å². The molecule has 1 rings (SSSR count).